The van der Waals surface area contributed by atoms with Gasteiger partial charge in [0.25, 0.3) is 5.91 Å². The topological polar surface area (TPSA) is 57.7 Å². The second kappa shape index (κ2) is 9.44. The molecule has 0 aliphatic carbocycles. The normalized spacial score (nSPS) is 14.3. The summed E-state index contributed by atoms with van der Waals surface area (Å²) in [5.74, 6) is 2.38. The molecule has 0 unspecified atom stereocenters. The van der Waals surface area contributed by atoms with Gasteiger partial charge in [0.05, 0.1) is 12.7 Å². The molecule has 0 saturated carbocycles. The Labute approximate surface area is 167 Å². The van der Waals surface area contributed by atoms with Crippen LogP contribution in [0.5, 0.6) is 5.75 Å². The van der Waals surface area contributed by atoms with E-state index < -0.39 is 0 Å². The number of amides is 1. The number of aromatic nitrogens is 1. The van der Waals surface area contributed by atoms with Crippen molar-refractivity contribution in [3.05, 3.63) is 48.2 Å². The smallest absolute Gasteiger partial charge is 0.255 e. The van der Waals surface area contributed by atoms with Gasteiger partial charge < -0.3 is 19.9 Å². The zero-order valence-corrected chi connectivity index (χ0v) is 17.0. The third kappa shape index (κ3) is 5.15. The van der Waals surface area contributed by atoms with Crippen molar-refractivity contribution in [1.82, 2.24) is 9.88 Å². The van der Waals surface area contributed by atoms with Crippen LogP contribution in [-0.4, -0.2) is 55.6 Å². The van der Waals surface area contributed by atoms with E-state index in [0.29, 0.717) is 24.6 Å². The zero-order valence-electron chi connectivity index (χ0n) is 17.0. The van der Waals surface area contributed by atoms with Gasteiger partial charge in [0.15, 0.2) is 0 Å². The number of carbonyl (C=O) groups is 1. The number of rotatable bonds is 7. The van der Waals surface area contributed by atoms with Crippen molar-refractivity contribution in [3.8, 4) is 5.75 Å². The third-order valence-corrected chi connectivity index (χ3v) is 5.04. The molecular formula is C22H30N4O2. The number of piperazine rings is 1. The van der Waals surface area contributed by atoms with Crippen molar-refractivity contribution >= 4 is 17.4 Å². The van der Waals surface area contributed by atoms with E-state index in [0.717, 1.165) is 43.3 Å². The zero-order chi connectivity index (χ0) is 19.9. The van der Waals surface area contributed by atoms with Crippen LogP contribution in [0.1, 0.15) is 30.6 Å². The van der Waals surface area contributed by atoms with Gasteiger partial charge in [-0.2, -0.15) is 0 Å². The van der Waals surface area contributed by atoms with Gasteiger partial charge in [-0.25, -0.2) is 4.98 Å². The number of anilines is 2. The summed E-state index contributed by atoms with van der Waals surface area (Å²) in [6.07, 6.45) is 2.77. The van der Waals surface area contributed by atoms with Crippen molar-refractivity contribution in [3.63, 3.8) is 0 Å². The molecule has 0 spiro atoms. The lowest BCUT2D eigenvalue weighted by Crippen LogP contribution is -2.48. The first-order valence-corrected chi connectivity index (χ1v) is 9.95. The van der Waals surface area contributed by atoms with Crippen LogP contribution in [0.25, 0.3) is 0 Å². The summed E-state index contributed by atoms with van der Waals surface area (Å²) in [5, 5.41) is 3.30. The molecule has 1 aliphatic heterocycles. The number of carbonyl (C=O) groups excluding carboxylic acids is 1. The van der Waals surface area contributed by atoms with E-state index in [-0.39, 0.29) is 5.91 Å². The molecule has 28 heavy (non-hydrogen) atoms. The minimum atomic E-state index is 0.0515. The lowest BCUT2D eigenvalue weighted by Gasteiger charge is -2.36. The molecule has 0 atom stereocenters. The highest BCUT2D eigenvalue weighted by Gasteiger charge is 2.22. The molecule has 1 aromatic carbocycles. The number of nitrogens with zero attached hydrogens (tertiary/aromatic N) is 3. The Morgan fingerprint density at radius 2 is 1.82 bits per heavy atom. The Morgan fingerprint density at radius 3 is 2.39 bits per heavy atom. The lowest BCUT2D eigenvalue weighted by atomic mass is 10.1. The molecule has 1 aromatic heterocycles. The van der Waals surface area contributed by atoms with Crippen LogP contribution >= 0.6 is 0 Å². The molecule has 1 saturated heterocycles. The number of ether oxygens (including phenoxy) is 1. The SMILES string of the molecule is COc1ccc(N2CCN(C(=O)c3ccc(NCCC(C)C)nc3)CC2)cc1. The van der Waals surface area contributed by atoms with Crippen LogP contribution in [0.2, 0.25) is 0 Å². The maximum absolute atomic E-state index is 12.8. The molecule has 2 aromatic rings. The molecule has 6 nitrogen and oxygen atoms in total. The Bertz CT molecular complexity index is 751. The van der Waals surface area contributed by atoms with Crippen molar-refractivity contribution in [1.29, 1.82) is 0 Å². The maximum Gasteiger partial charge on any atom is 0.255 e. The number of nitrogens with one attached hydrogen (secondary N) is 1. The van der Waals surface area contributed by atoms with Gasteiger partial charge in [0, 0.05) is 44.6 Å². The minimum Gasteiger partial charge on any atom is -0.497 e. The molecule has 150 valence electrons. The number of hydrogen-bond acceptors (Lipinski definition) is 5. The first-order valence-electron chi connectivity index (χ1n) is 9.95. The van der Waals surface area contributed by atoms with E-state index in [1.54, 1.807) is 13.3 Å². The van der Waals surface area contributed by atoms with Gasteiger partial charge in [0.2, 0.25) is 0 Å². The van der Waals surface area contributed by atoms with Crippen LogP contribution in [0, 0.1) is 5.92 Å². The predicted molar refractivity (Wildman–Crippen MR) is 113 cm³/mol. The molecular weight excluding hydrogens is 352 g/mol. The van der Waals surface area contributed by atoms with E-state index >= 15 is 0 Å². The molecule has 1 aliphatic rings. The van der Waals surface area contributed by atoms with E-state index in [9.17, 15) is 4.79 Å². The van der Waals surface area contributed by atoms with Crippen molar-refractivity contribution < 1.29 is 9.53 Å². The fraction of sp³-hybridized carbons (Fsp3) is 0.455. The number of hydrogen-bond donors (Lipinski definition) is 1. The average molecular weight is 383 g/mol. The van der Waals surface area contributed by atoms with Crippen LogP contribution < -0.4 is 15.0 Å². The van der Waals surface area contributed by atoms with E-state index in [1.165, 1.54) is 0 Å². The fourth-order valence-corrected chi connectivity index (χ4v) is 3.26. The van der Waals surface area contributed by atoms with Gasteiger partial charge in [0.1, 0.15) is 11.6 Å². The third-order valence-electron chi connectivity index (χ3n) is 5.04. The minimum absolute atomic E-state index is 0.0515. The predicted octanol–water partition coefficient (Wildman–Crippen LogP) is 3.51. The molecule has 1 amide bonds. The van der Waals surface area contributed by atoms with Crippen LogP contribution in [-0.2, 0) is 0 Å². The number of pyridine rings is 1. The summed E-state index contributed by atoms with van der Waals surface area (Å²) in [7, 11) is 1.67. The average Bonchev–Trinajstić information content (AvgIpc) is 2.74. The Balaban J connectivity index is 1.51. The quantitative estimate of drug-likeness (QED) is 0.794. The van der Waals surface area contributed by atoms with E-state index in [4.69, 9.17) is 4.74 Å². The summed E-state index contributed by atoms with van der Waals surface area (Å²) < 4.78 is 5.21. The Kier molecular flexibility index (Phi) is 6.74. The molecule has 1 N–H and O–H groups in total. The van der Waals surface area contributed by atoms with E-state index in [2.05, 4.69) is 41.2 Å². The molecule has 6 heteroatoms. The molecule has 1 fully saturated rings. The highest BCUT2D eigenvalue weighted by Crippen LogP contribution is 2.21. The maximum atomic E-state index is 12.8. The van der Waals surface area contributed by atoms with Gasteiger partial charge in [-0.1, -0.05) is 13.8 Å². The first-order chi connectivity index (χ1) is 13.6. The molecule has 0 radical (unpaired) electrons. The standard InChI is InChI=1S/C22H30N4O2/c1-17(2)10-11-23-21-9-4-18(16-24-21)22(27)26-14-12-25(13-15-26)19-5-7-20(28-3)8-6-19/h4-9,16-17H,10-15H2,1-3H3,(H,23,24). The van der Waals surface area contributed by atoms with Crippen LogP contribution in [0.4, 0.5) is 11.5 Å². The fourth-order valence-electron chi connectivity index (χ4n) is 3.26. The number of methoxy groups -OCH3 is 1. The second-order valence-corrected chi connectivity index (χ2v) is 7.52. The number of benzene rings is 1. The van der Waals surface area contributed by atoms with Crippen LogP contribution in [0.3, 0.4) is 0 Å². The highest BCUT2D eigenvalue weighted by atomic mass is 16.5. The molecule has 0 bridgehead atoms. The summed E-state index contributed by atoms with van der Waals surface area (Å²) in [4.78, 5) is 21.4. The van der Waals surface area contributed by atoms with Crippen molar-refractivity contribution in [2.45, 2.75) is 20.3 Å². The molecule has 3 rings (SSSR count). The monoisotopic (exact) mass is 382 g/mol. The summed E-state index contributed by atoms with van der Waals surface area (Å²) in [6.45, 7) is 8.35. The van der Waals surface area contributed by atoms with Gasteiger partial charge in [-0.3, -0.25) is 4.79 Å². The van der Waals surface area contributed by atoms with Crippen molar-refractivity contribution in [2.24, 2.45) is 5.92 Å². The first kappa shape index (κ1) is 20.0. The summed E-state index contributed by atoms with van der Waals surface area (Å²) in [6, 6.07) is 11.8. The summed E-state index contributed by atoms with van der Waals surface area (Å²) in [5.41, 5.74) is 1.80. The Hall–Kier alpha value is -2.76. The second-order valence-electron chi connectivity index (χ2n) is 7.52. The van der Waals surface area contributed by atoms with Gasteiger partial charge >= 0.3 is 0 Å². The highest BCUT2D eigenvalue weighted by molar-refractivity contribution is 5.94. The van der Waals surface area contributed by atoms with Crippen LogP contribution in [0.15, 0.2) is 42.6 Å². The molecule has 2 heterocycles. The lowest BCUT2D eigenvalue weighted by molar-refractivity contribution is 0.0746. The van der Waals surface area contributed by atoms with Crippen molar-refractivity contribution in [2.75, 3.05) is 50.1 Å². The van der Waals surface area contributed by atoms with Gasteiger partial charge in [-0.05, 0) is 48.7 Å². The summed E-state index contributed by atoms with van der Waals surface area (Å²) >= 11 is 0. The largest absolute Gasteiger partial charge is 0.497 e. The Morgan fingerprint density at radius 1 is 1.11 bits per heavy atom. The van der Waals surface area contributed by atoms with Gasteiger partial charge in [-0.15, -0.1) is 0 Å². The van der Waals surface area contributed by atoms with E-state index in [1.807, 2.05) is 29.2 Å².